The van der Waals surface area contributed by atoms with E-state index in [1.54, 1.807) is 18.7 Å². The van der Waals surface area contributed by atoms with Gasteiger partial charge in [0.05, 0.1) is 31.0 Å². The minimum Gasteiger partial charge on any atom is -0.465 e. The van der Waals surface area contributed by atoms with Gasteiger partial charge in [0.2, 0.25) is 5.91 Å². The quantitative estimate of drug-likeness (QED) is 0.0538. The molecule has 0 atom stereocenters. The second-order valence-corrected chi connectivity index (χ2v) is 20.9. The third kappa shape index (κ3) is 14.3. The lowest BCUT2D eigenvalue weighted by Crippen LogP contribution is -2.56. The van der Waals surface area contributed by atoms with Gasteiger partial charge in [0.15, 0.2) is 0 Å². The van der Waals surface area contributed by atoms with E-state index in [9.17, 15) is 19.2 Å². The SMILES string of the molecule is CCOC(=O)CI.CCOC(=O)CN1CN(c2ccccc2)C2(CCN(CCC(c3ccccc3)c3ccccc3)CC2)C1=O.O=C1NCN(c2ccccc2)C12CCN(CCC(c1ccccc1)c1ccccc1)CC2. The lowest BCUT2D eigenvalue weighted by atomic mass is 9.84. The molecule has 0 aliphatic carbocycles. The lowest BCUT2D eigenvalue weighted by molar-refractivity contribution is -0.148. The molecule has 2 amide bonds. The summed E-state index contributed by atoms with van der Waals surface area (Å²) < 4.78 is 10.1. The Balaban J connectivity index is 0.000000183. The van der Waals surface area contributed by atoms with Gasteiger partial charge >= 0.3 is 11.9 Å². The maximum absolute atomic E-state index is 13.8. The van der Waals surface area contributed by atoms with Crippen LogP contribution in [0.5, 0.6) is 0 Å². The van der Waals surface area contributed by atoms with Gasteiger partial charge in [-0.15, -0.1) is 0 Å². The number of ether oxygens (including phenoxy) is 2. The fraction of sp³-hybridized carbons (Fsp3) is 0.375. The first-order chi connectivity index (χ1) is 37.7. The molecule has 12 nitrogen and oxygen atoms in total. The average Bonchev–Trinajstić information content (AvgIpc) is 4.04. The number of esters is 2. The highest BCUT2D eigenvalue weighted by molar-refractivity contribution is 14.1. The molecule has 0 radical (unpaired) electrons. The summed E-state index contributed by atoms with van der Waals surface area (Å²) in [5.41, 5.74) is 6.54. The number of benzene rings is 6. The summed E-state index contributed by atoms with van der Waals surface area (Å²) in [5.74, 6) is 0.471. The van der Waals surface area contributed by atoms with Crippen molar-refractivity contribution in [3.8, 4) is 0 Å². The van der Waals surface area contributed by atoms with Crippen LogP contribution in [-0.2, 0) is 28.7 Å². The van der Waals surface area contributed by atoms with Crippen molar-refractivity contribution in [2.24, 2.45) is 0 Å². The first kappa shape index (κ1) is 56.6. The Bertz CT molecular complexity index is 2670. The molecule has 1 N–H and O–H groups in total. The molecule has 77 heavy (non-hydrogen) atoms. The fourth-order valence-electron chi connectivity index (χ4n) is 11.6. The van der Waals surface area contributed by atoms with Gasteiger partial charge in [0.25, 0.3) is 5.91 Å². The molecule has 6 aromatic carbocycles. The number of anilines is 2. The van der Waals surface area contributed by atoms with Gasteiger partial charge in [-0.1, -0.05) is 180 Å². The number of carbonyl (C=O) groups is 4. The number of para-hydroxylation sites is 2. The number of amides is 2. The van der Waals surface area contributed by atoms with Crippen molar-refractivity contribution >= 4 is 57.7 Å². The van der Waals surface area contributed by atoms with Crippen LogP contribution in [0.4, 0.5) is 11.4 Å². The van der Waals surface area contributed by atoms with Crippen LogP contribution in [0, 0.1) is 0 Å². The summed E-state index contributed by atoms with van der Waals surface area (Å²) in [6.07, 6.45) is 5.31. The molecule has 0 unspecified atom stereocenters. The maximum atomic E-state index is 13.8. The van der Waals surface area contributed by atoms with Crippen LogP contribution in [0.1, 0.15) is 86.5 Å². The molecule has 13 heteroatoms. The summed E-state index contributed by atoms with van der Waals surface area (Å²) in [5, 5.41) is 3.11. The Hall–Kier alpha value is -6.55. The second kappa shape index (κ2) is 28.2. The molecule has 2 spiro atoms. The van der Waals surface area contributed by atoms with Crippen molar-refractivity contribution < 1.29 is 28.7 Å². The highest BCUT2D eigenvalue weighted by atomic mass is 127. The molecule has 0 saturated carbocycles. The normalized spacial score (nSPS) is 16.9. The Morgan fingerprint density at radius 2 is 0.883 bits per heavy atom. The van der Waals surface area contributed by atoms with Crippen LogP contribution in [0.2, 0.25) is 0 Å². The molecule has 404 valence electrons. The number of carbonyl (C=O) groups excluding carboxylic acids is 4. The highest BCUT2D eigenvalue weighted by Crippen LogP contribution is 2.41. The minimum absolute atomic E-state index is 0.00268. The van der Waals surface area contributed by atoms with Crippen LogP contribution in [-0.4, -0.2) is 126 Å². The van der Waals surface area contributed by atoms with E-state index in [4.69, 9.17) is 4.74 Å². The van der Waals surface area contributed by atoms with Gasteiger partial charge in [0.1, 0.15) is 17.6 Å². The van der Waals surface area contributed by atoms with Crippen molar-refractivity contribution in [2.45, 2.75) is 75.3 Å². The first-order valence-corrected chi connectivity index (χ1v) is 28.9. The molecule has 6 aromatic rings. The topological polar surface area (TPSA) is 115 Å². The smallest absolute Gasteiger partial charge is 0.325 e. The van der Waals surface area contributed by atoms with Crippen LogP contribution in [0.25, 0.3) is 0 Å². The highest BCUT2D eigenvalue weighted by Gasteiger charge is 2.54. The molecule has 4 aliphatic heterocycles. The van der Waals surface area contributed by atoms with Crippen molar-refractivity contribution in [1.29, 1.82) is 0 Å². The van der Waals surface area contributed by atoms with Gasteiger partial charge in [-0.25, -0.2) is 0 Å². The fourth-order valence-corrected chi connectivity index (χ4v) is 11.8. The van der Waals surface area contributed by atoms with Gasteiger partial charge < -0.3 is 39.3 Å². The molecule has 0 aromatic heterocycles. The maximum Gasteiger partial charge on any atom is 0.325 e. The molecule has 4 fully saturated rings. The monoisotopic (exact) mass is 1150 g/mol. The van der Waals surface area contributed by atoms with Gasteiger partial charge in [-0.2, -0.15) is 0 Å². The molecule has 10 rings (SSSR count). The number of nitrogens with one attached hydrogen (secondary N) is 1. The van der Waals surface area contributed by atoms with E-state index in [0.29, 0.717) is 42.8 Å². The van der Waals surface area contributed by atoms with Crippen molar-refractivity contribution in [1.82, 2.24) is 20.0 Å². The average molecular weight is 1150 g/mol. The van der Waals surface area contributed by atoms with Gasteiger partial charge in [-0.05, 0) is 112 Å². The summed E-state index contributed by atoms with van der Waals surface area (Å²) >= 11 is 1.96. The second-order valence-electron chi connectivity index (χ2n) is 20.2. The number of alkyl halides is 1. The zero-order chi connectivity index (χ0) is 53.9. The third-order valence-corrected chi connectivity index (χ3v) is 16.3. The summed E-state index contributed by atoms with van der Waals surface area (Å²) in [6.45, 7) is 11.0. The minimum atomic E-state index is -0.622. The van der Waals surface area contributed by atoms with Crippen molar-refractivity contribution in [3.05, 3.63) is 204 Å². The molecule has 0 bridgehead atoms. The van der Waals surface area contributed by atoms with Crippen LogP contribution in [0.15, 0.2) is 182 Å². The lowest BCUT2D eigenvalue weighted by Gasteiger charge is -2.43. The predicted octanol–water partition coefficient (Wildman–Crippen LogP) is 10.5. The zero-order valence-corrected chi connectivity index (χ0v) is 46.9. The standard InChI is InChI=1S/C32H37N3O3.C28H31N3O.C4H7IO2/c1-2-38-30(36)24-34-25-35(28-16-10-5-11-17-28)32(31(34)37)19-22-33(23-20-32)21-18-29(26-12-6-3-7-13-26)27-14-8-4-9-15-27;32-27-28(31(22-29-27)25-14-8-3-9-15-25)17-20-30(21-18-28)19-16-26(23-10-4-1-5-11-23)24-12-6-2-7-13-24;1-2-7-4(6)3-5/h3-17,29H,2,18-25H2,1H3;1-15,26H,16-22H2,(H,29,32);2-3H2,1H3. The van der Waals surface area contributed by atoms with E-state index in [2.05, 4.69) is 175 Å². The number of nitrogens with zero attached hydrogens (tertiary/aromatic N) is 5. The molecular formula is C64H75IN6O6. The summed E-state index contributed by atoms with van der Waals surface area (Å²) in [6, 6.07) is 63.6. The number of hydrogen-bond acceptors (Lipinski definition) is 10. The van der Waals surface area contributed by atoms with E-state index in [0.717, 1.165) is 89.2 Å². The number of likely N-dealkylation sites (tertiary alicyclic amines) is 2. The Morgan fingerprint density at radius 3 is 1.26 bits per heavy atom. The van der Waals surface area contributed by atoms with Crippen molar-refractivity contribution in [2.75, 3.05) is 86.6 Å². The van der Waals surface area contributed by atoms with E-state index < -0.39 is 11.1 Å². The molecular weight excluding hydrogens is 1080 g/mol. The number of halogens is 1. The van der Waals surface area contributed by atoms with Gasteiger partial charge in [-0.3, -0.25) is 19.2 Å². The van der Waals surface area contributed by atoms with E-state index in [1.165, 1.54) is 22.3 Å². The Labute approximate surface area is 469 Å². The van der Waals surface area contributed by atoms with Gasteiger partial charge in [0, 0.05) is 49.4 Å². The van der Waals surface area contributed by atoms with Crippen LogP contribution in [0.3, 0.4) is 0 Å². The number of rotatable bonds is 17. The van der Waals surface area contributed by atoms with Crippen LogP contribution < -0.4 is 15.1 Å². The van der Waals surface area contributed by atoms with E-state index in [1.807, 2.05) is 59.0 Å². The number of hydrogen-bond donors (Lipinski definition) is 1. The zero-order valence-electron chi connectivity index (χ0n) is 44.8. The predicted molar refractivity (Wildman–Crippen MR) is 315 cm³/mol. The third-order valence-electron chi connectivity index (χ3n) is 15.7. The summed E-state index contributed by atoms with van der Waals surface area (Å²) in [4.78, 5) is 60.3. The largest absolute Gasteiger partial charge is 0.465 e. The molecule has 4 aliphatic rings. The number of piperidine rings is 2. The molecule has 4 saturated heterocycles. The van der Waals surface area contributed by atoms with Crippen molar-refractivity contribution in [3.63, 3.8) is 0 Å². The molecule has 4 heterocycles. The first-order valence-electron chi connectivity index (χ1n) is 27.4. The summed E-state index contributed by atoms with van der Waals surface area (Å²) in [7, 11) is 0. The Morgan fingerprint density at radius 1 is 0.519 bits per heavy atom. The van der Waals surface area contributed by atoms with Crippen LogP contribution >= 0.6 is 22.6 Å². The Kier molecular flexibility index (Phi) is 20.7. The van der Waals surface area contributed by atoms with E-state index >= 15 is 0 Å². The van der Waals surface area contributed by atoms with E-state index in [-0.39, 0.29) is 30.3 Å².